The van der Waals surface area contributed by atoms with Crippen LogP contribution in [0.15, 0.2) is 18.2 Å². The molecule has 0 spiro atoms. The van der Waals surface area contributed by atoms with Gasteiger partial charge in [0, 0.05) is 5.56 Å². The van der Waals surface area contributed by atoms with Crippen molar-refractivity contribution in [3.8, 4) is 0 Å². The van der Waals surface area contributed by atoms with Gasteiger partial charge in [-0.3, -0.25) is 0 Å². The topological polar surface area (TPSA) is 20.2 Å². The van der Waals surface area contributed by atoms with E-state index in [0.29, 0.717) is 5.56 Å². The second-order valence-corrected chi connectivity index (χ2v) is 3.54. The smallest absolute Gasteiger partial charge is 0.129 e. The van der Waals surface area contributed by atoms with Crippen molar-refractivity contribution in [2.75, 3.05) is 0 Å². The van der Waals surface area contributed by atoms with Crippen LogP contribution in [0.1, 0.15) is 25.0 Å². The molecule has 12 heavy (non-hydrogen) atoms. The molecular formula is C10H13FO. The number of hydrogen-bond acceptors (Lipinski definition) is 1. The largest absolute Gasteiger partial charge is 0.386 e. The van der Waals surface area contributed by atoms with Crippen molar-refractivity contribution in [3.05, 3.63) is 35.1 Å². The summed E-state index contributed by atoms with van der Waals surface area (Å²) in [4.78, 5) is 0. The molecular weight excluding hydrogens is 155 g/mol. The number of aryl methyl sites for hydroxylation is 1. The number of hydrogen-bond donors (Lipinski definition) is 1. The molecule has 2 heteroatoms. The van der Waals surface area contributed by atoms with Crippen LogP contribution in [-0.2, 0) is 5.60 Å². The van der Waals surface area contributed by atoms with E-state index in [2.05, 4.69) is 0 Å². The van der Waals surface area contributed by atoms with Gasteiger partial charge in [-0.1, -0.05) is 12.1 Å². The molecule has 1 rings (SSSR count). The molecule has 0 fully saturated rings. The number of aliphatic hydroxyl groups is 1. The molecule has 0 amide bonds. The fourth-order valence-electron chi connectivity index (χ4n) is 1.12. The van der Waals surface area contributed by atoms with Crippen molar-refractivity contribution in [1.82, 2.24) is 0 Å². The Morgan fingerprint density at radius 1 is 1.33 bits per heavy atom. The van der Waals surface area contributed by atoms with Crippen LogP contribution >= 0.6 is 0 Å². The van der Waals surface area contributed by atoms with E-state index in [9.17, 15) is 9.50 Å². The highest BCUT2D eigenvalue weighted by Gasteiger charge is 2.19. The van der Waals surface area contributed by atoms with Gasteiger partial charge in [0.05, 0.1) is 5.60 Å². The fourth-order valence-corrected chi connectivity index (χ4v) is 1.12. The van der Waals surface area contributed by atoms with E-state index < -0.39 is 5.60 Å². The van der Waals surface area contributed by atoms with Gasteiger partial charge in [-0.25, -0.2) is 4.39 Å². The monoisotopic (exact) mass is 168 g/mol. The zero-order valence-corrected chi connectivity index (χ0v) is 7.56. The van der Waals surface area contributed by atoms with Crippen LogP contribution in [0.3, 0.4) is 0 Å². The third kappa shape index (κ3) is 1.83. The predicted molar refractivity (Wildman–Crippen MR) is 46.4 cm³/mol. The van der Waals surface area contributed by atoms with Gasteiger partial charge in [0.1, 0.15) is 5.82 Å². The summed E-state index contributed by atoms with van der Waals surface area (Å²) >= 11 is 0. The van der Waals surface area contributed by atoms with E-state index >= 15 is 0 Å². The molecule has 0 aliphatic rings. The zero-order chi connectivity index (χ0) is 9.35. The van der Waals surface area contributed by atoms with Gasteiger partial charge in [0.2, 0.25) is 0 Å². The standard InChI is InChI=1S/C10H13FO/c1-7-4-5-8(9(11)6-7)10(2,3)12/h4-6,12H,1-3H3. The van der Waals surface area contributed by atoms with Crippen molar-refractivity contribution in [3.63, 3.8) is 0 Å². The Balaban J connectivity index is 3.19. The van der Waals surface area contributed by atoms with Crippen molar-refractivity contribution in [2.45, 2.75) is 26.4 Å². The van der Waals surface area contributed by atoms with Crippen LogP contribution in [0.5, 0.6) is 0 Å². The first-order valence-electron chi connectivity index (χ1n) is 3.90. The summed E-state index contributed by atoms with van der Waals surface area (Å²) < 4.78 is 13.2. The molecule has 0 aliphatic carbocycles. The maximum absolute atomic E-state index is 13.2. The molecule has 1 N–H and O–H groups in total. The van der Waals surface area contributed by atoms with E-state index in [4.69, 9.17) is 0 Å². The maximum atomic E-state index is 13.2. The average molecular weight is 168 g/mol. The summed E-state index contributed by atoms with van der Waals surface area (Å²) in [6, 6.07) is 4.83. The van der Waals surface area contributed by atoms with Crippen LogP contribution in [-0.4, -0.2) is 5.11 Å². The molecule has 1 aromatic rings. The predicted octanol–water partition coefficient (Wildman–Crippen LogP) is 2.36. The summed E-state index contributed by atoms with van der Waals surface area (Å²) in [7, 11) is 0. The highest BCUT2D eigenvalue weighted by molar-refractivity contribution is 5.27. The van der Waals surface area contributed by atoms with E-state index in [1.165, 1.54) is 6.07 Å². The second-order valence-electron chi connectivity index (χ2n) is 3.54. The van der Waals surface area contributed by atoms with Crippen LogP contribution in [0.25, 0.3) is 0 Å². The summed E-state index contributed by atoms with van der Waals surface area (Å²) in [6.07, 6.45) is 0. The highest BCUT2D eigenvalue weighted by atomic mass is 19.1. The normalized spacial score (nSPS) is 11.8. The Labute approximate surface area is 71.9 Å². The average Bonchev–Trinajstić information content (AvgIpc) is 1.83. The summed E-state index contributed by atoms with van der Waals surface area (Å²) in [6.45, 7) is 4.96. The van der Waals surface area contributed by atoms with Crippen molar-refractivity contribution >= 4 is 0 Å². The van der Waals surface area contributed by atoms with Gasteiger partial charge < -0.3 is 5.11 Å². The summed E-state index contributed by atoms with van der Waals surface area (Å²) in [5.74, 6) is -0.345. The van der Waals surface area contributed by atoms with Gasteiger partial charge in [0.15, 0.2) is 0 Å². The van der Waals surface area contributed by atoms with Crippen LogP contribution < -0.4 is 0 Å². The maximum Gasteiger partial charge on any atom is 0.129 e. The molecule has 0 aliphatic heterocycles. The quantitative estimate of drug-likeness (QED) is 0.682. The summed E-state index contributed by atoms with van der Waals surface area (Å²) in [5, 5.41) is 9.52. The first-order valence-corrected chi connectivity index (χ1v) is 3.90. The van der Waals surface area contributed by atoms with Crippen LogP contribution in [0, 0.1) is 12.7 Å². The minimum absolute atomic E-state index is 0.341. The van der Waals surface area contributed by atoms with Gasteiger partial charge in [-0.2, -0.15) is 0 Å². The number of halogens is 1. The van der Waals surface area contributed by atoms with Crippen LogP contribution in [0.4, 0.5) is 4.39 Å². The Hall–Kier alpha value is -0.890. The van der Waals surface area contributed by atoms with E-state index in [-0.39, 0.29) is 5.82 Å². The van der Waals surface area contributed by atoms with Crippen molar-refractivity contribution < 1.29 is 9.50 Å². The number of benzene rings is 1. The first-order chi connectivity index (χ1) is 5.41. The molecule has 0 saturated heterocycles. The van der Waals surface area contributed by atoms with E-state index in [1.54, 1.807) is 26.0 Å². The Morgan fingerprint density at radius 3 is 2.33 bits per heavy atom. The van der Waals surface area contributed by atoms with Gasteiger partial charge in [-0.15, -0.1) is 0 Å². The molecule has 1 aromatic carbocycles. The van der Waals surface area contributed by atoms with Gasteiger partial charge in [0.25, 0.3) is 0 Å². The molecule has 0 radical (unpaired) electrons. The molecule has 1 nitrogen and oxygen atoms in total. The van der Waals surface area contributed by atoms with E-state index in [1.807, 2.05) is 6.92 Å². The first kappa shape index (κ1) is 9.20. The zero-order valence-electron chi connectivity index (χ0n) is 7.56. The minimum atomic E-state index is -1.10. The second kappa shape index (κ2) is 2.87. The molecule has 0 saturated carbocycles. The lowest BCUT2D eigenvalue weighted by molar-refractivity contribution is 0.0745. The van der Waals surface area contributed by atoms with Crippen LogP contribution in [0.2, 0.25) is 0 Å². The highest BCUT2D eigenvalue weighted by Crippen LogP contribution is 2.22. The van der Waals surface area contributed by atoms with E-state index in [0.717, 1.165) is 5.56 Å². The molecule has 0 bridgehead atoms. The van der Waals surface area contributed by atoms with Gasteiger partial charge in [-0.05, 0) is 32.4 Å². The lowest BCUT2D eigenvalue weighted by Gasteiger charge is -2.18. The molecule has 0 atom stereocenters. The number of rotatable bonds is 1. The Morgan fingerprint density at radius 2 is 1.92 bits per heavy atom. The fraction of sp³-hybridized carbons (Fsp3) is 0.400. The lowest BCUT2D eigenvalue weighted by Crippen LogP contribution is -2.17. The minimum Gasteiger partial charge on any atom is -0.386 e. The Kier molecular flexibility index (Phi) is 2.20. The van der Waals surface area contributed by atoms with Gasteiger partial charge >= 0.3 is 0 Å². The SMILES string of the molecule is Cc1ccc(C(C)(C)O)c(F)c1. The van der Waals surface area contributed by atoms with Crippen molar-refractivity contribution in [1.29, 1.82) is 0 Å². The molecule has 0 unspecified atom stereocenters. The summed E-state index contributed by atoms with van der Waals surface area (Å²) in [5.41, 5.74) is 0.103. The van der Waals surface area contributed by atoms with Crippen molar-refractivity contribution in [2.24, 2.45) is 0 Å². The third-order valence-corrected chi connectivity index (χ3v) is 1.78. The molecule has 66 valence electrons. The lowest BCUT2D eigenvalue weighted by atomic mass is 9.97. The Bertz CT molecular complexity index is 286. The third-order valence-electron chi connectivity index (χ3n) is 1.78. The molecule has 0 heterocycles. The molecule has 0 aromatic heterocycles.